The van der Waals surface area contributed by atoms with E-state index in [-0.39, 0.29) is 5.91 Å². The van der Waals surface area contributed by atoms with Crippen LogP contribution in [0.1, 0.15) is 16.8 Å². The Labute approximate surface area is 119 Å². The first-order valence-corrected chi connectivity index (χ1v) is 6.60. The lowest BCUT2D eigenvalue weighted by molar-refractivity contribution is 0.0236. The van der Waals surface area contributed by atoms with Crippen molar-refractivity contribution in [2.24, 2.45) is 0 Å². The molecule has 6 nitrogen and oxygen atoms in total. The van der Waals surface area contributed by atoms with Gasteiger partial charge in [-0.25, -0.2) is 4.98 Å². The average Bonchev–Trinajstić information content (AvgIpc) is 2.79. The van der Waals surface area contributed by atoms with Gasteiger partial charge in [0.1, 0.15) is 0 Å². The number of hydrogen-bond donors (Lipinski definition) is 1. The Balaban J connectivity index is 2.07. The first kappa shape index (κ1) is 14.7. The number of aliphatic hydroxyl groups is 1. The lowest BCUT2D eigenvalue weighted by Crippen LogP contribution is -2.43. The fourth-order valence-electron chi connectivity index (χ4n) is 2.58. The molecule has 0 aromatic carbocycles. The minimum absolute atomic E-state index is 0.0969. The molecule has 0 aliphatic carbocycles. The van der Waals surface area contributed by atoms with Crippen LogP contribution in [0.25, 0.3) is 0 Å². The number of likely N-dealkylation sites (N-methyl/N-ethyl adjacent to an activating group) is 1. The third-order valence-corrected chi connectivity index (χ3v) is 3.42. The second-order valence-corrected chi connectivity index (χ2v) is 5.53. The average molecular weight is 279 g/mol. The Morgan fingerprint density at radius 2 is 2.35 bits per heavy atom. The maximum absolute atomic E-state index is 12.4. The fraction of sp³-hybridized carbons (Fsp3) is 0.571. The van der Waals surface area contributed by atoms with Gasteiger partial charge < -0.3 is 19.6 Å². The van der Waals surface area contributed by atoms with E-state index < -0.39 is 5.60 Å². The van der Waals surface area contributed by atoms with E-state index in [4.69, 9.17) is 4.74 Å². The third-order valence-electron chi connectivity index (χ3n) is 3.42. The van der Waals surface area contributed by atoms with Crippen molar-refractivity contribution in [3.05, 3.63) is 23.9 Å². The predicted octanol–water partition coefficient (Wildman–Crippen LogP) is 0.229. The highest BCUT2D eigenvalue weighted by atomic mass is 16.5. The summed E-state index contributed by atoms with van der Waals surface area (Å²) in [5.41, 5.74) is -0.290. The van der Waals surface area contributed by atoms with E-state index >= 15 is 0 Å². The molecule has 0 bridgehead atoms. The van der Waals surface area contributed by atoms with E-state index in [1.807, 2.05) is 19.0 Å². The van der Waals surface area contributed by atoms with Crippen LogP contribution in [0, 0.1) is 0 Å². The molecule has 1 aliphatic heterocycles. The number of hydrogen-bond acceptors (Lipinski definition) is 5. The van der Waals surface area contributed by atoms with Gasteiger partial charge in [0.25, 0.3) is 5.91 Å². The molecule has 1 atom stereocenters. The van der Waals surface area contributed by atoms with Crippen LogP contribution in [-0.4, -0.2) is 72.2 Å². The van der Waals surface area contributed by atoms with Crippen molar-refractivity contribution in [3.8, 4) is 5.88 Å². The zero-order valence-electron chi connectivity index (χ0n) is 12.2. The second-order valence-electron chi connectivity index (χ2n) is 5.53. The van der Waals surface area contributed by atoms with Crippen LogP contribution >= 0.6 is 0 Å². The first-order chi connectivity index (χ1) is 9.43. The summed E-state index contributed by atoms with van der Waals surface area (Å²) in [6, 6.07) is 3.28. The highest BCUT2D eigenvalue weighted by molar-refractivity contribution is 5.94. The van der Waals surface area contributed by atoms with Gasteiger partial charge in [-0.05, 0) is 26.6 Å². The maximum Gasteiger partial charge on any atom is 0.254 e. The monoisotopic (exact) mass is 279 g/mol. The molecule has 1 aromatic heterocycles. The quantitative estimate of drug-likeness (QED) is 0.854. The Bertz CT molecular complexity index is 492. The zero-order valence-corrected chi connectivity index (χ0v) is 12.2. The van der Waals surface area contributed by atoms with Crippen molar-refractivity contribution in [2.45, 2.75) is 12.0 Å². The van der Waals surface area contributed by atoms with E-state index in [0.29, 0.717) is 37.5 Å². The first-order valence-electron chi connectivity index (χ1n) is 6.60. The third kappa shape index (κ3) is 3.26. The smallest absolute Gasteiger partial charge is 0.254 e. The van der Waals surface area contributed by atoms with Crippen molar-refractivity contribution in [1.29, 1.82) is 0 Å². The summed E-state index contributed by atoms with van der Waals surface area (Å²) in [6.07, 6.45) is 2.15. The number of rotatable bonds is 4. The topological polar surface area (TPSA) is 65.9 Å². The number of nitrogens with zero attached hydrogens (tertiary/aromatic N) is 3. The number of β-amino-alcohol motifs (C(OH)–C–C–N with tert-alkyl or cyclic N) is 1. The number of methoxy groups -OCH3 is 1. The van der Waals surface area contributed by atoms with E-state index in [2.05, 4.69) is 4.98 Å². The summed E-state index contributed by atoms with van der Waals surface area (Å²) in [5.74, 6) is 0.319. The molecule has 110 valence electrons. The van der Waals surface area contributed by atoms with Gasteiger partial charge in [-0.1, -0.05) is 0 Å². The molecule has 0 saturated carbocycles. The van der Waals surface area contributed by atoms with Crippen molar-refractivity contribution in [3.63, 3.8) is 0 Å². The highest BCUT2D eigenvalue weighted by Gasteiger charge is 2.38. The van der Waals surface area contributed by atoms with Crippen LogP contribution in [0.5, 0.6) is 5.88 Å². The predicted molar refractivity (Wildman–Crippen MR) is 74.8 cm³/mol. The van der Waals surface area contributed by atoms with Crippen LogP contribution in [-0.2, 0) is 0 Å². The molecule has 1 aliphatic rings. The number of ether oxygens (including phenoxy) is 1. The number of likely N-dealkylation sites (tertiary alicyclic amines) is 1. The van der Waals surface area contributed by atoms with Crippen molar-refractivity contribution >= 4 is 5.91 Å². The van der Waals surface area contributed by atoms with E-state index in [9.17, 15) is 9.90 Å². The molecule has 2 rings (SSSR count). The van der Waals surface area contributed by atoms with Gasteiger partial charge in [0.2, 0.25) is 5.88 Å². The van der Waals surface area contributed by atoms with E-state index in [1.54, 1.807) is 23.2 Å². The minimum Gasteiger partial charge on any atom is -0.481 e. The summed E-state index contributed by atoms with van der Waals surface area (Å²) >= 11 is 0. The molecular formula is C14H21N3O3. The Morgan fingerprint density at radius 3 is 3.00 bits per heavy atom. The van der Waals surface area contributed by atoms with Crippen LogP contribution in [0.3, 0.4) is 0 Å². The Kier molecular flexibility index (Phi) is 4.25. The van der Waals surface area contributed by atoms with E-state index in [1.165, 1.54) is 7.11 Å². The zero-order chi connectivity index (χ0) is 14.8. The lowest BCUT2D eigenvalue weighted by atomic mass is 10.0. The molecular weight excluding hydrogens is 258 g/mol. The van der Waals surface area contributed by atoms with Gasteiger partial charge >= 0.3 is 0 Å². The molecule has 1 saturated heterocycles. The molecule has 2 heterocycles. The normalized spacial score (nSPS) is 22.4. The maximum atomic E-state index is 12.4. The summed E-state index contributed by atoms with van der Waals surface area (Å²) in [6.45, 7) is 1.47. The summed E-state index contributed by atoms with van der Waals surface area (Å²) < 4.78 is 5.02. The van der Waals surface area contributed by atoms with Gasteiger partial charge in [-0.15, -0.1) is 0 Å². The molecule has 6 heteroatoms. The van der Waals surface area contributed by atoms with Gasteiger partial charge in [0, 0.05) is 30.9 Å². The molecule has 0 spiro atoms. The number of carbonyl (C=O) groups is 1. The number of pyridine rings is 1. The van der Waals surface area contributed by atoms with E-state index in [0.717, 1.165) is 0 Å². The van der Waals surface area contributed by atoms with Crippen LogP contribution in [0.15, 0.2) is 18.3 Å². The van der Waals surface area contributed by atoms with Crippen molar-refractivity contribution in [2.75, 3.05) is 40.8 Å². The minimum atomic E-state index is -0.823. The van der Waals surface area contributed by atoms with Crippen LogP contribution in [0.4, 0.5) is 0 Å². The molecule has 1 unspecified atom stereocenters. The largest absolute Gasteiger partial charge is 0.481 e. The fourth-order valence-corrected chi connectivity index (χ4v) is 2.58. The summed E-state index contributed by atoms with van der Waals surface area (Å²) in [5, 5.41) is 10.5. The Hall–Kier alpha value is -1.66. The lowest BCUT2D eigenvalue weighted by Gasteiger charge is -2.26. The van der Waals surface area contributed by atoms with Gasteiger partial charge in [0.05, 0.1) is 19.3 Å². The van der Waals surface area contributed by atoms with Gasteiger partial charge in [-0.2, -0.15) is 0 Å². The number of carbonyl (C=O) groups excluding carboxylic acids is 1. The number of amides is 1. The summed E-state index contributed by atoms with van der Waals surface area (Å²) in [4.78, 5) is 20.0. The van der Waals surface area contributed by atoms with Gasteiger partial charge in [0.15, 0.2) is 0 Å². The van der Waals surface area contributed by atoms with Crippen LogP contribution in [0.2, 0.25) is 0 Å². The molecule has 1 N–H and O–H groups in total. The SMILES string of the molecule is COc1cc(C(=O)N2CCC(O)(CN(C)C)C2)ccn1. The molecule has 20 heavy (non-hydrogen) atoms. The molecule has 1 aromatic rings. The standard InChI is InChI=1S/C14H21N3O3/c1-16(2)9-14(19)5-7-17(10-14)13(18)11-4-6-15-12(8-11)20-3/h4,6,8,19H,5,7,9-10H2,1-3H3. The summed E-state index contributed by atoms with van der Waals surface area (Å²) in [7, 11) is 5.34. The molecule has 0 radical (unpaired) electrons. The van der Waals surface area contributed by atoms with Crippen LogP contribution < -0.4 is 4.74 Å². The number of aromatic nitrogens is 1. The Morgan fingerprint density at radius 1 is 1.60 bits per heavy atom. The molecule has 1 amide bonds. The highest BCUT2D eigenvalue weighted by Crippen LogP contribution is 2.24. The van der Waals surface area contributed by atoms with Crippen molar-refractivity contribution < 1.29 is 14.6 Å². The molecule has 1 fully saturated rings. The second kappa shape index (κ2) is 5.76. The van der Waals surface area contributed by atoms with Crippen molar-refractivity contribution in [1.82, 2.24) is 14.8 Å². The van der Waals surface area contributed by atoms with Gasteiger partial charge in [-0.3, -0.25) is 4.79 Å².